The fourth-order valence-electron chi connectivity index (χ4n) is 1.88. The standard InChI is InChI=1S/C13H22N2O3/c1-9(2)15(7-5-6-13(16)17)8-12-10(3)14-18-11(12)4/h9H,5-8H2,1-4H3,(H,16,17). The van der Waals surface area contributed by atoms with Crippen molar-refractivity contribution in [2.45, 2.75) is 53.1 Å². The maximum Gasteiger partial charge on any atom is 0.303 e. The molecule has 0 aliphatic heterocycles. The molecule has 0 aliphatic carbocycles. The number of carboxylic acids is 1. The molecule has 0 bridgehead atoms. The van der Waals surface area contributed by atoms with Crippen LogP contribution in [-0.2, 0) is 11.3 Å². The second-order valence-corrected chi connectivity index (χ2v) is 4.86. The lowest BCUT2D eigenvalue weighted by atomic mass is 10.1. The zero-order chi connectivity index (χ0) is 13.7. The molecule has 0 saturated heterocycles. The van der Waals surface area contributed by atoms with Crippen LogP contribution in [0.5, 0.6) is 0 Å². The molecule has 1 N–H and O–H groups in total. The molecule has 5 nitrogen and oxygen atoms in total. The first-order valence-corrected chi connectivity index (χ1v) is 6.29. The molecule has 0 aliphatic rings. The third kappa shape index (κ3) is 4.14. The summed E-state index contributed by atoms with van der Waals surface area (Å²) in [6.45, 7) is 9.59. The number of aliphatic carboxylic acids is 1. The summed E-state index contributed by atoms with van der Waals surface area (Å²) in [6, 6.07) is 0.368. The van der Waals surface area contributed by atoms with Crippen molar-refractivity contribution in [3.63, 3.8) is 0 Å². The van der Waals surface area contributed by atoms with Crippen LogP contribution < -0.4 is 0 Å². The van der Waals surface area contributed by atoms with E-state index in [-0.39, 0.29) is 6.42 Å². The Morgan fingerprint density at radius 3 is 2.56 bits per heavy atom. The second-order valence-electron chi connectivity index (χ2n) is 4.86. The van der Waals surface area contributed by atoms with Crippen molar-refractivity contribution in [1.29, 1.82) is 0 Å². The first-order valence-electron chi connectivity index (χ1n) is 6.29. The van der Waals surface area contributed by atoms with Crippen molar-refractivity contribution in [3.05, 3.63) is 17.0 Å². The molecule has 0 fully saturated rings. The van der Waals surface area contributed by atoms with Gasteiger partial charge in [-0.2, -0.15) is 0 Å². The summed E-state index contributed by atoms with van der Waals surface area (Å²) in [5, 5.41) is 12.6. The van der Waals surface area contributed by atoms with Gasteiger partial charge in [0.25, 0.3) is 0 Å². The van der Waals surface area contributed by atoms with Gasteiger partial charge < -0.3 is 9.63 Å². The van der Waals surface area contributed by atoms with Crippen LogP contribution >= 0.6 is 0 Å². The molecule has 102 valence electrons. The number of hydrogen-bond acceptors (Lipinski definition) is 4. The average molecular weight is 254 g/mol. The average Bonchev–Trinajstić information content (AvgIpc) is 2.58. The topological polar surface area (TPSA) is 66.6 Å². The second kappa shape index (κ2) is 6.54. The highest BCUT2D eigenvalue weighted by Crippen LogP contribution is 2.17. The molecular weight excluding hydrogens is 232 g/mol. The molecule has 1 heterocycles. The largest absolute Gasteiger partial charge is 0.481 e. The van der Waals surface area contributed by atoms with Crippen LogP contribution in [0.4, 0.5) is 0 Å². The SMILES string of the molecule is Cc1noc(C)c1CN(CCCC(=O)O)C(C)C. The Morgan fingerprint density at radius 1 is 1.44 bits per heavy atom. The number of aryl methyl sites for hydroxylation is 2. The quantitative estimate of drug-likeness (QED) is 0.809. The zero-order valence-corrected chi connectivity index (χ0v) is 11.6. The highest BCUT2D eigenvalue weighted by atomic mass is 16.5. The third-order valence-corrected chi connectivity index (χ3v) is 3.11. The molecule has 0 saturated carbocycles. The zero-order valence-electron chi connectivity index (χ0n) is 11.6. The molecule has 18 heavy (non-hydrogen) atoms. The Labute approximate surface area is 108 Å². The van der Waals surface area contributed by atoms with Gasteiger partial charge in [-0.15, -0.1) is 0 Å². The number of rotatable bonds is 7. The summed E-state index contributed by atoms with van der Waals surface area (Å²) < 4.78 is 5.15. The van der Waals surface area contributed by atoms with E-state index in [2.05, 4.69) is 23.9 Å². The summed E-state index contributed by atoms with van der Waals surface area (Å²) in [4.78, 5) is 12.8. The maximum absolute atomic E-state index is 10.5. The van der Waals surface area contributed by atoms with Gasteiger partial charge in [0.2, 0.25) is 0 Å². The smallest absolute Gasteiger partial charge is 0.303 e. The molecule has 0 aromatic carbocycles. The van der Waals surface area contributed by atoms with E-state index in [0.717, 1.165) is 30.1 Å². The Hall–Kier alpha value is -1.36. The Kier molecular flexibility index (Phi) is 5.34. The molecule has 0 amide bonds. The van der Waals surface area contributed by atoms with Crippen molar-refractivity contribution in [3.8, 4) is 0 Å². The van der Waals surface area contributed by atoms with Gasteiger partial charge in [-0.3, -0.25) is 9.69 Å². The van der Waals surface area contributed by atoms with Crippen LogP contribution in [0.2, 0.25) is 0 Å². The molecule has 1 aromatic rings. The summed E-state index contributed by atoms with van der Waals surface area (Å²) in [5.74, 6) is 0.104. The van der Waals surface area contributed by atoms with Gasteiger partial charge in [0.15, 0.2) is 0 Å². The van der Waals surface area contributed by atoms with Crippen LogP contribution in [-0.4, -0.2) is 33.7 Å². The lowest BCUT2D eigenvalue weighted by molar-refractivity contribution is -0.137. The highest BCUT2D eigenvalue weighted by molar-refractivity contribution is 5.66. The fourth-order valence-corrected chi connectivity index (χ4v) is 1.88. The lowest BCUT2D eigenvalue weighted by Crippen LogP contribution is -2.32. The molecule has 0 atom stereocenters. The minimum atomic E-state index is -0.740. The van der Waals surface area contributed by atoms with E-state index in [9.17, 15) is 4.79 Å². The number of hydrogen-bond donors (Lipinski definition) is 1. The third-order valence-electron chi connectivity index (χ3n) is 3.11. The van der Waals surface area contributed by atoms with Crippen LogP contribution in [0.25, 0.3) is 0 Å². The maximum atomic E-state index is 10.5. The molecule has 0 unspecified atom stereocenters. The number of nitrogens with zero attached hydrogens (tertiary/aromatic N) is 2. The van der Waals surface area contributed by atoms with E-state index >= 15 is 0 Å². The van der Waals surface area contributed by atoms with Crippen LogP contribution in [0.3, 0.4) is 0 Å². The monoisotopic (exact) mass is 254 g/mol. The summed E-state index contributed by atoms with van der Waals surface area (Å²) in [5.41, 5.74) is 2.02. The molecule has 1 rings (SSSR count). The Bertz CT molecular complexity index is 379. The minimum Gasteiger partial charge on any atom is -0.481 e. The summed E-state index contributed by atoms with van der Waals surface area (Å²) >= 11 is 0. The van der Waals surface area contributed by atoms with E-state index in [0.29, 0.717) is 12.5 Å². The number of carbonyl (C=O) groups is 1. The molecule has 5 heteroatoms. The van der Waals surface area contributed by atoms with E-state index in [4.69, 9.17) is 9.63 Å². The Balaban J connectivity index is 2.60. The van der Waals surface area contributed by atoms with E-state index in [1.807, 2.05) is 13.8 Å². The van der Waals surface area contributed by atoms with Crippen LogP contribution in [0.15, 0.2) is 4.52 Å². The van der Waals surface area contributed by atoms with Crippen LogP contribution in [0, 0.1) is 13.8 Å². The van der Waals surface area contributed by atoms with Gasteiger partial charge in [0.05, 0.1) is 5.69 Å². The van der Waals surface area contributed by atoms with Crippen molar-refractivity contribution in [2.75, 3.05) is 6.54 Å². The highest BCUT2D eigenvalue weighted by Gasteiger charge is 2.16. The predicted octanol–water partition coefficient (Wildman–Crippen LogP) is 2.37. The number of aromatic nitrogens is 1. The predicted molar refractivity (Wildman–Crippen MR) is 68.4 cm³/mol. The van der Waals surface area contributed by atoms with Crippen molar-refractivity contribution >= 4 is 5.97 Å². The molecule has 1 aromatic heterocycles. The van der Waals surface area contributed by atoms with Crippen molar-refractivity contribution < 1.29 is 14.4 Å². The van der Waals surface area contributed by atoms with Gasteiger partial charge in [-0.05, 0) is 40.7 Å². The first-order chi connectivity index (χ1) is 8.41. The van der Waals surface area contributed by atoms with Crippen LogP contribution in [0.1, 0.15) is 43.7 Å². The Morgan fingerprint density at radius 2 is 2.11 bits per heavy atom. The molecule has 0 radical (unpaired) electrons. The summed E-state index contributed by atoms with van der Waals surface area (Å²) in [6.07, 6.45) is 0.877. The van der Waals surface area contributed by atoms with E-state index < -0.39 is 5.97 Å². The number of carboxylic acid groups (broad SMARTS) is 1. The molecular formula is C13H22N2O3. The molecule has 0 spiro atoms. The van der Waals surface area contributed by atoms with Gasteiger partial charge in [-0.1, -0.05) is 5.16 Å². The summed E-state index contributed by atoms with van der Waals surface area (Å²) in [7, 11) is 0. The fraction of sp³-hybridized carbons (Fsp3) is 0.692. The van der Waals surface area contributed by atoms with Gasteiger partial charge in [0.1, 0.15) is 5.76 Å². The normalized spacial score (nSPS) is 11.4. The first kappa shape index (κ1) is 14.7. The minimum absolute atomic E-state index is 0.213. The lowest BCUT2D eigenvalue weighted by Gasteiger charge is -2.26. The van der Waals surface area contributed by atoms with Gasteiger partial charge in [0, 0.05) is 24.6 Å². The van der Waals surface area contributed by atoms with Gasteiger partial charge in [-0.25, -0.2) is 0 Å². The van der Waals surface area contributed by atoms with E-state index in [1.165, 1.54) is 0 Å². The van der Waals surface area contributed by atoms with Crippen molar-refractivity contribution in [1.82, 2.24) is 10.1 Å². The van der Waals surface area contributed by atoms with Gasteiger partial charge >= 0.3 is 5.97 Å². The van der Waals surface area contributed by atoms with Crippen molar-refractivity contribution in [2.24, 2.45) is 0 Å². The van der Waals surface area contributed by atoms with E-state index in [1.54, 1.807) is 0 Å².